The summed E-state index contributed by atoms with van der Waals surface area (Å²) in [7, 11) is -2.17. The van der Waals surface area contributed by atoms with Crippen LogP contribution in [-0.4, -0.2) is 27.7 Å². The van der Waals surface area contributed by atoms with Crippen LogP contribution in [0.4, 0.5) is 5.69 Å². The van der Waals surface area contributed by atoms with Gasteiger partial charge in [0.2, 0.25) is 0 Å². The fourth-order valence-electron chi connectivity index (χ4n) is 1.88. The van der Waals surface area contributed by atoms with Crippen LogP contribution in [0.15, 0.2) is 41.3 Å². The number of carbonyl (C=O) groups excluding carboxylic acids is 1. The Bertz CT molecular complexity index is 866. The van der Waals surface area contributed by atoms with Crippen molar-refractivity contribution in [2.45, 2.75) is 4.90 Å². The summed E-state index contributed by atoms with van der Waals surface area (Å²) >= 11 is 11.7. The highest BCUT2D eigenvalue weighted by atomic mass is 35.5. The van der Waals surface area contributed by atoms with Gasteiger partial charge in [0, 0.05) is 17.5 Å². The molecule has 8 heteroatoms. The van der Waals surface area contributed by atoms with Crippen LogP contribution in [0, 0.1) is 0 Å². The summed E-state index contributed by atoms with van der Waals surface area (Å²) in [6.07, 6.45) is 1.05. The number of carbonyl (C=O) groups is 1. The van der Waals surface area contributed by atoms with Gasteiger partial charge >= 0.3 is 0 Å². The number of amides is 1. The van der Waals surface area contributed by atoms with Crippen molar-refractivity contribution in [2.75, 3.05) is 18.7 Å². The smallest absolute Gasteiger partial charge is 0.255 e. The van der Waals surface area contributed by atoms with Gasteiger partial charge < -0.3 is 10.1 Å². The predicted molar refractivity (Wildman–Crippen MR) is 90.5 cm³/mol. The summed E-state index contributed by atoms with van der Waals surface area (Å²) in [6, 6.07) is 8.81. The molecule has 0 fully saturated rings. The van der Waals surface area contributed by atoms with Gasteiger partial charge in [0.1, 0.15) is 10.6 Å². The van der Waals surface area contributed by atoms with Gasteiger partial charge in [0.25, 0.3) is 5.91 Å². The van der Waals surface area contributed by atoms with Crippen LogP contribution >= 0.6 is 23.2 Å². The van der Waals surface area contributed by atoms with E-state index in [2.05, 4.69) is 5.32 Å². The van der Waals surface area contributed by atoms with E-state index >= 15 is 0 Å². The lowest BCUT2D eigenvalue weighted by Crippen LogP contribution is -2.13. The first kappa shape index (κ1) is 17.6. The number of hydrogen-bond donors (Lipinski definition) is 1. The van der Waals surface area contributed by atoms with E-state index in [1.807, 2.05) is 0 Å². The number of methoxy groups -OCH3 is 1. The molecule has 0 aliphatic heterocycles. The van der Waals surface area contributed by atoms with Gasteiger partial charge in [-0.05, 0) is 36.4 Å². The number of rotatable bonds is 4. The lowest BCUT2D eigenvalue weighted by Gasteiger charge is -2.10. The SMILES string of the molecule is COc1ccc(C(=O)Nc2ccc(Cl)c(Cl)c2)cc1S(C)(=O)=O. The normalized spacial score (nSPS) is 11.1. The highest BCUT2D eigenvalue weighted by Crippen LogP contribution is 2.27. The molecule has 0 aliphatic carbocycles. The van der Waals surface area contributed by atoms with Crippen molar-refractivity contribution >= 4 is 44.6 Å². The molecule has 2 aromatic rings. The van der Waals surface area contributed by atoms with Gasteiger partial charge in [-0.2, -0.15) is 0 Å². The van der Waals surface area contributed by atoms with E-state index in [1.54, 1.807) is 12.1 Å². The Kier molecular flexibility index (Phi) is 5.19. The zero-order valence-corrected chi connectivity index (χ0v) is 14.6. The molecule has 0 spiro atoms. The van der Waals surface area contributed by atoms with Gasteiger partial charge in [-0.15, -0.1) is 0 Å². The summed E-state index contributed by atoms with van der Waals surface area (Å²) in [4.78, 5) is 12.2. The minimum absolute atomic E-state index is 0.0539. The first-order valence-electron chi connectivity index (χ1n) is 6.37. The monoisotopic (exact) mass is 373 g/mol. The number of ether oxygens (including phenoxy) is 1. The zero-order valence-electron chi connectivity index (χ0n) is 12.3. The summed E-state index contributed by atoms with van der Waals surface area (Å²) < 4.78 is 28.6. The average Bonchev–Trinajstić information content (AvgIpc) is 2.49. The van der Waals surface area contributed by atoms with Crippen LogP contribution < -0.4 is 10.1 Å². The Labute approximate surface area is 144 Å². The molecule has 0 radical (unpaired) electrons. The van der Waals surface area contributed by atoms with Gasteiger partial charge in [-0.1, -0.05) is 23.2 Å². The first-order valence-corrected chi connectivity index (χ1v) is 9.01. The minimum atomic E-state index is -3.53. The lowest BCUT2D eigenvalue weighted by atomic mass is 10.2. The predicted octanol–water partition coefficient (Wildman–Crippen LogP) is 3.66. The Balaban J connectivity index is 2.34. The molecule has 0 bridgehead atoms. The van der Waals surface area contributed by atoms with Crippen LogP contribution in [0.3, 0.4) is 0 Å². The molecule has 1 N–H and O–H groups in total. The van der Waals surface area contributed by atoms with Gasteiger partial charge in [-0.25, -0.2) is 8.42 Å². The molecule has 0 atom stereocenters. The summed E-state index contributed by atoms with van der Waals surface area (Å²) in [5.74, 6) is -0.297. The number of nitrogens with one attached hydrogen (secondary N) is 1. The van der Waals surface area contributed by atoms with Crippen molar-refractivity contribution in [1.82, 2.24) is 0 Å². The summed E-state index contributed by atoms with van der Waals surface area (Å²) in [5.41, 5.74) is 0.624. The van der Waals surface area contributed by atoms with Crippen LogP contribution in [0.25, 0.3) is 0 Å². The van der Waals surface area contributed by atoms with Gasteiger partial charge in [0.15, 0.2) is 9.84 Å². The zero-order chi connectivity index (χ0) is 17.2. The molecular weight excluding hydrogens is 361 g/mol. The van der Waals surface area contributed by atoms with Gasteiger partial charge in [0.05, 0.1) is 17.2 Å². The molecule has 1 amide bonds. The Morgan fingerprint density at radius 1 is 1.09 bits per heavy atom. The molecule has 0 aromatic heterocycles. The number of anilines is 1. The molecule has 2 rings (SSSR count). The topological polar surface area (TPSA) is 72.5 Å². The Morgan fingerprint density at radius 3 is 2.35 bits per heavy atom. The van der Waals surface area contributed by atoms with Crippen LogP contribution in [-0.2, 0) is 9.84 Å². The molecule has 0 aliphatic rings. The van der Waals surface area contributed by atoms with Crippen molar-refractivity contribution in [3.8, 4) is 5.75 Å². The molecular formula is C15H13Cl2NO4S. The Morgan fingerprint density at radius 2 is 1.78 bits per heavy atom. The maximum atomic E-state index is 12.3. The lowest BCUT2D eigenvalue weighted by molar-refractivity contribution is 0.102. The third-order valence-electron chi connectivity index (χ3n) is 3.00. The minimum Gasteiger partial charge on any atom is -0.495 e. The Hall–Kier alpha value is -1.76. The van der Waals surface area contributed by atoms with E-state index in [0.717, 1.165) is 6.26 Å². The van der Waals surface area contributed by atoms with E-state index in [1.165, 1.54) is 31.4 Å². The molecule has 0 saturated heterocycles. The molecule has 23 heavy (non-hydrogen) atoms. The van der Waals surface area contributed by atoms with Crippen molar-refractivity contribution in [2.24, 2.45) is 0 Å². The molecule has 2 aromatic carbocycles. The maximum absolute atomic E-state index is 12.3. The number of hydrogen-bond acceptors (Lipinski definition) is 4. The van der Waals surface area contributed by atoms with E-state index in [4.69, 9.17) is 27.9 Å². The van der Waals surface area contributed by atoms with E-state index in [9.17, 15) is 13.2 Å². The molecule has 5 nitrogen and oxygen atoms in total. The maximum Gasteiger partial charge on any atom is 0.255 e. The van der Waals surface area contributed by atoms with E-state index in [0.29, 0.717) is 15.7 Å². The quantitative estimate of drug-likeness (QED) is 0.887. The third kappa shape index (κ3) is 4.16. The molecule has 0 heterocycles. The van der Waals surface area contributed by atoms with Gasteiger partial charge in [-0.3, -0.25) is 4.79 Å². The highest BCUT2D eigenvalue weighted by molar-refractivity contribution is 7.90. The van der Waals surface area contributed by atoms with E-state index < -0.39 is 15.7 Å². The fraction of sp³-hybridized carbons (Fsp3) is 0.133. The van der Waals surface area contributed by atoms with Crippen molar-refractivity contribution in [1.29, 1.82) is 0 Å². The van der Waals surface area contributed by atoms with Crippen LogP contribution in [0.5, 0.6) is 5.75 Å². The van der Waals surface area contributed by atoms with Crippen LogP contribution in [0.1, 0.15) is 10.4 Å². The van der Waals surface area contributed by atoms with Crippen LogP contribution in [0.2, 0.25) is 10.0 Å². The fourth-order valence-corrected chi connectivity index (χ4v) is 3.04. The van der Waals surface area contributed by atoms with Crippen molar-refractivity contribution < 1.29 is 17.9 Å². The number of benzene rings is 2. The average molecular weight is 374 g/mol. The largest absolute Gasteiger partial charge is 0.495 e. The third-order valence-corrected chi connectivity index (χ3v) is 4.86. The summed E-state index contributed by atoms with van der Waals surface area (Å²) in [6.45, 7) is 0. The molecule has 0 unspecified atom stereocenters. The van der Waals surface area contributed by atoms with Crippen molar-refractivity contribution in [3.05, 3.63) is 52.0 Å². The number of halogens is 2. The second-order valence-corrected chi connectivity index (χ2v) is 7.52. The summed E-state index contributed by atoms with van der Waals surface area (Å²) in [5, 5.41) is 3.30. The standard InChI is InChI=1S/C15H13Cl2NO4S/c1-22-13-6-3-9(7-14(13)23(2,20)21)15(19)18-10-4-5-11(16)12(17)8-10/h3-8H,1-2H3,(H,18,19). The molecule has 0 saturated carbocycles. The number of sulfone groups is 1. The highest BCUT2D eigenvalue weighted by Gasteiger charge is 2.17. The second-order valence-electron chi connectivity index (χ2n) is 4.72. The van der Waals surface area contributed by atoms with Crippen molar-refractivity contribution in [3.63, 3.8) is 0 Å². The molecule has 122 valence electrons. The first-order chi connectivity index (χ1) is 10.7. The second kappa shape index (κ2) is 6.78. The van der Waals surface area contributed by atoms with E-state index in [-0.39, 0.29) is 16.2 Å².